The number of rotatable bonds is 1. The zero-order chi connectivity index (χ0) is 9.26. The van der Waals surface area contributed by atoms with Crippen LogP contribution in [0.1, 0.15) is 17.3 Å². The second-order valence-electron chi connectivity index (χ2n) is 2.72. The highest BCUT2D eigenvalue weighted by atomic mass is 35.5. The average molecular weight is 197 g/mol. The Balaban J connectivity index is 2.50. The molecule has 68 valence electrons. The second-order valence-corrected chi connectivity index (χ2v) is 3.08. The van der Waals surface area contributed by atoms with Crippen molar-refractivity contribution in [3.63, 3.8) is 0 Å². The largest absolute Gasteiger partial charge is 0.286 e. The van der Waals surface area contributed by atoms with Gasteiger partial charge in [-0.1, -0.05) is 35.9 Å². The van der Waals surface area contributed by atoms with Crippen LogP contribution in [0.4, 0.5) is 0 Å². The van der Waals surface area contributed by atoms with E-state index in [1.165, 1.54) is 0 Å². The molecule has 0 fully saturated rings. The monoisotopic (exact) mass is 196 g/mol. The maximum absolute atomic E-state index is 5.89. The van der Waals surface area contributed by atoms with E-state index in [2.05, 4.69) is 16.0 Å². The smallest absolute Gasteiger partial charge is 0.156 e. The first-order chi connectivity index (χ1) is 6.33. The molecule has 5 heteroatoms. The number of hydrazone groups is 1. The Labute approximate surface area is 80.7 Å². The Kier molecular flexibility index (Phi) is 2.18. The molecule has 1 aromatic rings. The Morgan fingerprint density at radius 1 is 1.46 bits per heavy atom. The molecule has 1 aromatic carbocycles. The summed E-state index contributed by atoms with van der Waals surface area (Å²) in [5, 5.41) is 4.37. The molecule has 0 aromatic heterocycles. The quantitative estimate of drug-likeness (QED) is 0.457. The van der Waals surface area contributed by atoms with Crippen molar-refractivity contribution in [1.82, 2.24) is 10.9 Å². The number of fused-ring (bicyclic) bond motifs is 1. The Bertz CT molecular complexity index is 350. The van der Waals surface area contributed by atoms with Crippen LogP contribution in [0.5, 0.6) is 0 Å². The van der Waals surface area contributed by atoms with Crippen molar-refractivity contribution in [2.75, 3.05) is 0 Å². The fourth-order valence-electron chi connectivity index (χ4n) is 1.31. The third-order valence-corrected chi connectivity index (χ3v) is 2.24. The molecular formula is C8H9ClN4. The molecule has 4 nitrogen and oxygen atoms in total. The highest BCUT2D eigenvalue weighted by Gasteiger charge is 2.19. The molecule has 1 heterocycles. The van der Waals surface area contributed by atoms with E-state index in [4.69, 9.17) is 17.4 Å². The molecule has 1 atom stereocenters. The van der Waals surface area contributed by atoms with Gasteiger partial charge in [-0.2, -0.15) is 5.10 Å². The van der Waals surface area contributed by atoms with Crippen LogP contribution in [0.15, 0.2) is 29.4 Å². The summed E-state index contributed by atoms with van der Waals surface area (Å²) in [6, 6.07) is 7.70. The van der Waals surface area contributed by atoms with Gasteiger partial charge in [0.05, 0.1) is 0 Å². The lowest BCUT2D eigenvalue weighted by atomic mass is 10.1. The summed E-state index contributed by atoms with van der Waals surface area (Å²) in [6.07, 6.45) is -0.168. The molecule has 2 rings (SSSR count). The first-order valence-corrected chi connectivity index (χ1v) is 4.25. The minimum Gasteiger partial charge on any atom is -0.286 e. The summed E-state index contributed by atoms with van der Waals surface area (Å²) in [7, 11) is 0. The number of halogens is 1. The van der Waals surface area contributed by atoms with Crippen molar-refractivity contribution in [2.45, 2.75) is 6.17 Å². The normalized spacial score (nSPS) is 20.2. The van der Waals surface area contributed by atoms with Crippen molar-refractivity contribution in [3.05, 3.63) is 35.4 Å². The predicted octanol–water partition coefficient (Wildman–Crippen LogP) is 0.652. The van der Waals surface area contributed by atoms with Crippen LogP contribution in [0.3, 0.4) is 0 Å². The van der Waals surface area contributed by atoms with Gasteiger partial charge in [0.15, 0.2) is 5.17 Å². The molecule has 4 N–H and O–H groups in total. The van der Waals surface area contributed by atoms with Gasteiger partial charge in [0.1, 0.15) is 6.17 Å². The molecule has 0 spiro atoms. The van der Waals surface area contributed by atoms with E-state index in [0.29, 0.717) is 5.17 Å². The molecule has 1 aliphatic rings. The van der Waals surface area contributed by atoms with Crippen LogP contribution in [0.25, 0.3) is 0 Å². The predicted molar refractivity (Wildman–Crippen MR) is 52.0 cm³/mol. The van der Waals surface area contributed by atoms with Gasteiger partial charge in [-0.3, -0.25) is 11.3 Å². The van der Waals surface area contributed by atoms with E-state index in [-0.39, 0.29) is 6.17 Å². The first-order valence-electron chi connectivity index (χ1n) is 3.87. The molecule has 1 unspecified atom stereocenters. The van der Waals surface area contributed by atoms with Gasteiger partial charge in [0.25, 0.3) is 0 Å². The van der Waals surface area contributed by atoms with E-state index in [1.807, 2.05) is 24.3 Å². The van der Waals surface area contributed by atoms with E-state index in [0.717, 1.165) is 11.1 Å². The van der Waals surface area contributed by atoms with Crippen LogP contribution >= 0.6 is 11.6 Å². The molecular weight excluding hydrogens is 188 g/mol. The molecule has 0 bridgehead atoms. The van der Waals surface area contributed by atoms with Gasteiger partial charge in [0, 0.05) is 11.1 Å². The van der Waals surface area contributed by atoms with Crippen LogP contribution < -0.4 is 16.7 Å². The number of hydrogen-bond acceptors (Lipinski definition) is 4. The molecule has 1 aliphatic heterocycles. The third kappa shape index (κ3) is 1.39. The van der Waals surface area contributed by atoms with E-state index in [9.17, 15) is 0 Å². The SMILES string of the molecule is NNC1NN=C(Cl)c2ccccc21. The maximum Gasteiger partial charge on any atom is 0.156 e. The number of benzene rings is 1. The zero-order valence-electron chi connectivity index (χ0n) is 6.79. The van der Waals surface area contributed by atoms with Gasteiger partial charge in [-0.15, -0.1) is 0 Å². The lowest BCUT2D eigenvalue weighted by molar-refractivity contribution is 0.458. The highest BCUT2D eigenvalue weighted by Crippen LogP contribution is 2.21. The van der Waals surface area contributed by atoms with Crippen molar-refractivity contribution < 1.29 is 0 Å². The molecule has 13 heavy (non-hydrogen) atoms. The summed E-state index contributed by atoms with van der Waals surface area (Å²) >= 11 is 5.89. The minimum absolute atomic E-state index is 0.168. The molecule has 0 amide bonds. The number of hydrazine groups is 1. The number of nitrogens with zero attached hydrogens (tertiary/aromatic N) is 1. The Morgan fingerprint density at radius 2 is 2.23 bits per heavy atom. The van der Waals surface area contributed by atoms with Gasteiger partial charge in [-0.05, 0) is 0 Å². The third-order valence-electron chi connectivity index (χ3n) is 1.95. The summed E-state index contributed by atoms with van der Waals surface area (Å²) in [5.41, 5.74) is 7.31. The van der Waals surface area contributed by atoms with E-state index < -0.39 is 0 Å². The standard InChI is InChI=1S/C8H9ClN4/c9-7-5-3-1-2-4-6(5)8(11-10)13-12-7/h1-4,8,11,13H,10H2. The van der Waals surface area contributed by atoms with Crippen LogP contribution in [0.2, 0.25) is 0 Å². The summed E-state index contributed by atoms with van der Waals surface area (Å²) in [5.74, 6) is 5.34. The van der Waals surface area contributed by atoms with Crippen LogP contribution in [-0.4, -0.2) is 5.17 Å². The fourth-order valence-corrected chi connectivity index (χ4v) is 1.54. The molecule has 0 saturated carbocycles. The van der Waals surface area contributed by atoms with E-state index in [1.54, 1.807) is 0 Å². The maximum atomic E-state index is 5.89. The lowest BCUT2D eigenvalue weighted by Crippen LogP contribution is -2.39. The van der Waals surface area contributed by atoms with Crippen molar-refractivity contribution in [2.24, 2.45) is 10.9 Å². The topological polar surface area (TPSA) is 62.4 Å². The second kappa shape index (κ2) is 3.33. The number of nitrogens with two attached hydrogens (primary N) is 1. The van der Waals surface area contributed by atoms with Crippen LogP contribution in [0, 0.1) is 0 Å². The first kappa shape index (κ1) is 8.50. The summed E-state index contributed by atoms with van der Waals surface area (Å²) < 4.78 is 0. The van der Waals surface area contributed by atoms with Gasteiger partial charge >= 0.3 is 0 Å². The number of hydrogen-bond donors (Lipinski definition) is 3. The van der Waals surface area contributed by atoms with Gasteiger partial charge in [-0.25, -0.2) is 5.43 Å². The molecule has 0 aliphatic carbocycles. The Morgan fingerprint density at radius 3 is 3.00 bits per heavy atom. The molecule has 0 saturated heterocycles. The van der Waals surface area contributed by atoms with Crippen molar-refractivity contribution in [1.29, 1.82) is 0 Å². The summed E-state index contributed by atoms with van der Waals surface area (Å²) in [4.78, 5) is 0. The highest BCUT2D eigenvalue weighted by molar-refractivity contribution is 6.69. The van der Waals surface area contributed by atoms with Gasteiger partial charge < -0.3 is 0 Å². The minimum atomic E-state index is -0.168. The van der Waals surface area contributed by atoms with Crippen LogP contribution in [-0.2, 0) is 0 Å². The fraction of sp³-hybridized carbons (Fsp3) is 0.125. The lowest BCUT2D eigenvalue weighted by Gasteiger charge is -2.22. The van der Waals surface area contributed by atoms with Crippen molar-refractivity contribution >= 4 is 16.8 Å². The van der Waals surface area contributed by atoms with Crippen molar-refractivity contribution in [3.8, 4) is 0 Å². The Hall–Kier alpha value is -1.10. The van der Waals surface area contributed by atoms with Gasteiger partial charge in [0.2, 0.25) is 0 Å². The summed E-state index contributed by atoms with van der Waals surface area (Å²) in [6.45, 7) is 0. The molecule has 0 radical (unpaired) electrons. The van der Waals surface area contributed by atoms with E-state index >= 15 is 0 Å². The average Bonchev–Trinajstić information content (AvgIpc) is 2.19. The zero-order valence-corrected chi connectivity index (χ0v) is 7.55. The number of nitrogens with one attached hydrogen (secondary N) is 2.